The lowest BCUT2D eigenvalue weighted by Crippen LogP contribution is -2.28. The van der Waals surface area contributed by atoms with Crippen molar-refractivity contribution in [2.75, 3.05) is 0 Å². The molecule has 90 valence electrons. The van der Waals surface area contributed by atoms with Crippen LogP contribution in [0.2, 0.25) is 0 Å². The van der Waals surface area contributed by atoms with Gasteiger partial charge in [-0.05, 0) is 30.2 Å². The molecule has 0 bridgehead atoms. The minimum Gasteiger partial charge on any atom is -0.271 e. The van der Waals surface area contributed by atoms with Crippen LogP contribution in [-0.2, 0) is 0 Å². The lowest BCUT2D eigenvalue weighted by atomic mass is 10.0. The number of hydrogen-bond donors (Lipinski definition) is 2. The van der Waals surface area contributed by atoms with Crippen molar-refractivity contribution < 1.29 is 0 Å². The van der Waals surface area contributed by atoms with Crippen LogP contribution in [0.5, 0.6) is 0 Å². The Kier molecular flexibility index (Phi) is 6.58. The van der Waals surface area contributed by atoms with Gasteiger partial charge in [0.1, 0.15) is 0 Å². The first-order chi connectivity index (χ1) is 7.67. The van der Waals surface area contributed by atoms with E-state index in [0.717, 1.165) is 15.4 Å². The minimum atomic E-state index is 0.236. The number of rotatable bonds is 6. The molecule has 4 heteroatoms. The number of unbranched alkanes of at least 4 members (excludes halogenated alkanes) is 2. The summed E-state index contributed by atoms with van der Waals surface area (Å²) in [4.78, 5) is 0. The number of halogens is 2. The minimum absolute atomic E-state index is 0.236. The maximum atomic E-state index is 5.61. The molecule has 3 N–H and O–H groups in total. The van der Waals surface area contributed by atoms with Gasteiger partial charge in [-0.3, -0.25) is 11.3 Å². The molecular formula is C12H18Br2N2. The number of hydrogen-bond acceptors (Lipinski definition) is 2. The van der Waals surface area contributed by atoms with E-state index in [0.29, 0.717) is 0 Å². The molecule has 16 heavy (non-hydrogen) atoms. The Balaban J connectivity index is 2.70. The fourth-order valence-electron chi connectivity index (χ4n) is 1.72. The molecule has 0 aromatic heterocycles. The predicted molar refractivity (Wildman–Crippen MR) is 76.0 cm³/mol. The smallest absolute Gasteiger partial charge is 0.0460 e. The third-order valence-electron chi connectivity index (χ3n) is 2.58. The van der Waals surface area contributed by atoms with Crippen LogP contribution in [0, 0.1) is 0 Å². The van der Waals surface area contributed by atoms with Crippen molar-refractivity contribution in [3.63, 3.8) is 0 Å². The average Bonchev–Trinajstić information content (AvgIpc) is 2.23. The molecule has 0 saturated heterocycles. The van der Waals surface area contributed by atoms with Gasteiger partial charge in [0.05, 0.1) is 0 Å². The van der Waals surface area contributed by atoms with Crippen LogP contribution in [0.3, 0.4) is 0 Å². The molecule has 0 spiro atoms. The summed E-state index contributed by atoms with van der Waals surface area (Å²) in [7, 11) is 0. The van der Waals surface area contributed by atoms with Crippen LogP contribution in [0.4, 0.5) is 0 Å². The molecule has 0 aliphatic heterocycles. The molecule has 0 saturated carbocycles. The first kappa shape index (κ1) is 14.2. The number of benzene rings is 1. The van der Waals surface area contributed by atoms with E-state index in [1.54, 1.807) is 0 Å². The summed E-state index contributed by atoms with van der Waals surface area (Å²) in [5.74, 6) is 5.61. The van der Waals surface area contributed by atoms with Crippen molar-refractivity contribution in [1.29, 1.82) is 0 Å². The molecule has 0 aliphatic rings. The van der Waals surface area contributed by atoms with Crippen molar-refractivity contribution in [1.82, 2.24) is 5.43 Å². The van der Waals surface area contributed by atoms with E-state index < -0.39 is 0 Å². The number of hydrazine groups is 1. The Labute approximate surface area is 114 Å². The molecule has 1 aromatic rings. The SMILES string of the molecule is CCCCCC(NN)c1cc(Br)cc(Br)c1. The van der Waals surface area contributed by atoms with Gasteiger partial charge in [0.15, 0.2) is 0 Å². The molecule has 0 aliphatic carbocycles. The van der Waals surface area contributed by atoms with Gasteiger partial charge in [-0.1, -0.05) is 58.0 Å². The third-order valence-corrected chi connectivity index (χ3v) is 3.50. The lowest BCUT2D eigenvalue weighted by molar-refractivity contribution is 0.486. The molecule has 0 heterocycles. The van der Waals surface area contributed by atoms with Crippen molar-refractivity contribution in [3.8, 4) is 0 Å². The third kappa shape index (κ3) is 4.53. The van der Waals surface area contributed by atoms with Gasteiger partial charge in [-0.2, -0.15) is 0 Å². The summed E-state index contributed by atoms with van der Waals surface area (Å²) in [6, 6.07) is 6.49. The van der Waals surface area contributed by atoms with E-state index >= 15 is 0 Å². The number of nitrogens with two attached hydrogens (primary N) is 1. The second-order valence-corrected chi connectivity index (χ2v) is 5.75. The summed E-state index contributed by atoms with van der Waals surface area (Å²) in [6.07, 6.45) is 4.77. The molecule has 2 nitrogen and oxygen atoms in total. The highest BCUT2D eigenvalue weighted by molar-refractivity contribution is 9.11. The van der Waals surface area contributed by atoms with Gasteiger partial charge < -0.3 is 0 Å². The fourth-order valence-corrected chi connectivity index (χ4v) is 3.05. The molecule has 1 aromatic carbocycles. The van der Waals surface area contributed by atoms with Crippen molar-refractivity contribution in [3.05, 3.63) is 32.7 Å². The van der Waals surface area contributed by atoms with E-state index in [9.17, 15) is 0 Å². The number of nitrogens with one attached hydrogen (secondary N) is 1. The van der Waals surface area contributed by atoms with E-state index in [-0.39, 0.29) is 6.04 Å². The largest absolute Gasteiger partial charge is 0.271 e. The maximum Gasteiger partial charge on any atom is 0.0460 e. The highest BCUT2D eigenvalue weighted by Crippen LogP contribution is 2.26. The standard InChI is InChI=1S/C12H18Br2N2/c1-2-3-4-5-12(16-15)9-6-10(13)8-11(14)7-9/h6-8,12,16H,2-5,15H2,1H3. The van der Waals surface area contributed by atoms with Crippen molar-refractivity contribution in [2.24, 2.45) is 5.84 Å². The van der Waals surface area contributed by atoms with Gasteiger partial charge in [-0.15, -0.1) is 0 Å². The monoisotopic (exact) mass is 348 g/mol. The zero-order valence-electron chi connectivity index (χ0n) is 9.47. The second kappa shape index (κ2) is 7.43. The fraction of sp³-hybridized carbons (Fsp3) is 0.500. The van der Waals surface area contributed by atoms with Gasteiger partial charge in [0, 0.05) is 15.0 Å². The molecule has 0 radical (unpaired) electrons. The summed E-state index contributed by atoms with van der Waals surface area (Å²) in [5, 5.41) is 0. The quantitative estimate of drug-likeness (QED) is 0.456. The average molecular weight is 350 g/mol. The first-order valence-electron chi connectivity index (χ1n) is 5.59. The van der Waals surface area contributed by atoms with Crippen molar-refractivity contribution >= 4 is 31.9 Å². The normalized spacial score (nSPS) is 12.8. The maximum absolute atomic E-state index is 5.61. The topological polar surface area (TPSA) is 38.0 Å². The van der Waals surface area contributed by atoms with Crippen LogP contribution in [0.25, 0.3) is 0 Å². The van der Waals surface area contributed by atoms with E-state index in [4.69, 9.17) is 5.84 Å². The zero-order valence-corrected chi connectivity index (χ0v) is 12.6. The summed E-state index contributed by atoms with van der Waals surface area (Å²) >= 11 is 6.99. The summed E-state index contributed by atoms with van der Waals surface area (Å²) < 4.78 is 2.15. The molecule has 1 unspecified atom stereocenters. The molecule has 1 atom stereocenters. The summed E-state index contributed by atoms with van der Waals surface area (Å²) in [6.45, 7) is 2.21. The van der Waals surface area contributed by atoms with Crippen LogP contribution >= 0.6 is 31.9 Å². The Morgan fingerprint density at radius 1 is 1.19 bits per heavy atom. The molecule has 1 rings (SSSR count). The second-order valence-electron chi connectivity index (χ2n) is 3.92. The highest BCUT2D eigenvalue weighted by atomic mass is 79.9. The van der Waals surface area contributed by atoms with Crippen LogP contribution in [-0.4, -0.2) is 0 Å². The predicted octanol–water partition coefficient (Wildman–Crippen LogP) is 4.30. The molecule has 0 amide bonds. The van der Waals surface area contributed by atoms with Gasteiger partial charge in [0.25, 0.3) is 0 Å². The van der Waals surface area contributed by atoms with Crippen LogP contribution in [0.15, 0.2) is 27.1 Å². The van der Waals surface area contributed by atoms with Crippen LogP contribution < -0.4 is 11.3 Å². The van der Waals surface area contributed by atoms with Gasteiger partial charge in [0.2, 0.25) is 0 Å². The van der Waals surface area contributed by atoms with E-state index in [1.807, 2.05) is 6.07 Å². The Bertz CT molecular complexity index is 309. The van der Waals surface area contributed by atoms with E-state index in [2.05, 4.69) is 56.3 Å². The Morgan fingerprint density at radius 2 is 1.81 bits per heavy atom. The van der Waals surface area contributed by atoms with Gasteiger partial charge >= 0.3 is 0 Å². The van der Waals surface area contributed by atoms with E-state index in [1.165, 1.54) is 24.8 Å². The van der Waals surface area contributed by atoms with Gasteiger partial charge in [-0.25, -0.2) is 0 Å². The highest BCUT2D eigenvalue weighted by Gasteiger charge is 2.10. The molecular weight excluding hydrogens is 332 g/mol. The molecule has 0 fully saturated rings. The first-order valence-corrected chi connectivity index (χ1v) is 7.18. The zero-order chi connectivity index (χ0) is 12.0. The van der Waals surface area contributed by atoms with Crippen LogP contribution in [0.1, 0.15) is 44.2 Å². The Hall–Kier alpha value is 0.1000. The van der Waals surface area contributed by atoms with Crippen molar-refractivity contribution in [2.45, 2.75) is 38.6 Å². The Morgan fingerprint density at radius 3 is 2.31 bits per heavy atom. The lowest BCUT2D eigenvalue weighted by Gasteiger charge is -2.16. The summed E-state index contributed by atoms with van der Waals surface area (Å²) in [5.41, 5.74) is 4.11.